The third-order valence-electron chi connectivity index (χ3n) is 2.58. The summed E-state index contributed by atoms with van der Waals surface area (Å²) in [6.45, 7) is 5.27. The predicted octanol–water partition coefficient (Wildman–Crippen LogP) is 1.95. The first-order chi connectivity index (χ1) is 8.81. The van der Waals surface area contributed by atoms with Gasteiger partial charge in [0.15, 0.2) is 0 Å². The number of aliphatic carboxylic acids is 1. The van der Waals surface area contributed by atoms with Gasteiger partial charge in [-0.05, 0) is 35.3 Å². The molecule has 1 rings (SSSR count). The number of benzene rings is 1. The van der Waals surface area contributed by atoms with Crippen molar-refractivity contribution in [2.75, 3.05) is 5.73 Å². The molecule has 0 saturated heterocycles. The first-order valence-corrected chi connectivity index (χ1v) is 5.93. The molecule has 0 saturated carbocycles. The molecule has 0 aliphatic rings. The Labute approximate surface area is 112 Å². The van der Waals surface area contributed by atoms with Crippen molar-refractivity contribution >= 4 is 23.6 Å². The van der Waals surface area contributed by atoms with E-state index in [2.05, 4.69) is 5.32 Å². The Morgan fingerprint density at radius 3 is 2.47 bits per heavy atom. The zero-order chi connectivity index (χ0) is 14.6. The third kappa shape index (κ3) is 4.13. The molecule has 0 fully saturated rings. The Hall–Kier alpha value is -2.30. The topological polar surface area (TPSA) is 92.4 Å². The van der Waals surface area contributed by atoms with E-state index in [1.54, 1.807) is 12.1 Å². The van der Waals surface area contributed by atoms with Crippen LogP contribution in [0.2, 0.25) is 0 Å². The second kappa shape index (κ2) is 6.04. The molecule has 5 nitrogen and oxygen atoms in total. The molecule has 19 heavy (non-hydrogen) atoms. The number of carbonyl (C=O) groups excluding carboxylic acids is 1. The summed E-state index contributed by atoms with van der Waals surface area (Å²) in [5.41, 5.74) is 7.99. The fourth-order valence-corrected chi connectivity index (χ4v) is 1.69. The summed E-state index contributed by atoms with van der Waals surface area (Å²) >= 11 is 0. The van der Waals surface area contributed by atoms with E-state index in [0.717, 1.165) is 5.56 Å². The largest absolute Gasteiger partial charge is 0.477 e. The maximum atomic E-state index is 11.0. The van der Waals surface area contributed by atoms with Crippen LogP contribution in [0.3, 0.4) is 0 Å². The summed E-state index contributed by atoms with van der Waals surface area (Å²) in [6.07, 6.45) is 1.41. The Morgan fingerprint density at radius 2 is 2.00 bits per heavy atom. The lowest BCUT2D eigenvalue weighted by Crippen LogP contribution is -2.24. The molecule has 0 aromatic heterocycles. The first kappa shape index (κ1) is 14.8. The molecule has 0 bridgehead atoms. The second-order valence-corrected chi connectivity index (χ2v) is 4.59. The number of rotatable bonds is 4. The average molecular weight is 262 g/mol. The van der Waals surface area contributed by atoms with Gasteiger partial charge in [0.1, 0.15) is 5.70 Å². The minimum atomic E-state index is -1.18. The van der Waals surface area contributed by atoms with Gasteiger partial charge in [-0.15, -0.1) is 0 Å². The van der Waals surface area contributed by atoms with Gasteiger partial charge in [-0.3, -0.25) is 4.79 Å². The molecule has 0 unspecified atom stereocenters. The molecule has 1 amide bonds. The van der Waals surface area contributed by atoms with Gasteiger partial charge in [0.05, 0.1) is 0 Å². The van der Waals surface area contributed by atoms with Crippen LogP contribution in [0.25, 0.3) is 6.08 Å². The highest BCUT2D eigenvalue weighted by molar-refractivity contribution is 5.96. The quantitative estimate of drug-likeness (QED) is 0.571. The van der Waals surface area contributed by atoms with Crippen LogP contribution < -0.4 is 11.1 Å². The molecular weight excluding hydrogens is 244 g/mol. The van der Waals surface area contributed by atoms with Gasteiger partial charge in [0.2, 0.25) is 5.91 Å². The van der Waals surface area contributed by atoms with E-state index >= 15 is 0 Å². The molecule has 0 heterocycles. The van der Waals surface area contributed by atoms with Gasteiger partial charge in [0, 0.05) is 12.6 Å². The summed E-state index contributed by atoms with van der Waals surface area (Å²) in [6, 6.07) is 5.27. The minimum absolute atomic E-state index is 0.160. The molecule has 1 aromatic rings. The van der Waals surface area contributed by atoms with Crippen molar-refractivity contribution in [1.29, 1.82) is 0 Å². The Bertz CT molecular complexity index is 533. The fraction of sp³-hybridized carbons (Fsp3) is 0.286. The zero-order valence-corrected chi connectivity index (χ0v) is 11.2. The van der Waals surface area contributed by atoms with E-state index in [-0.39, 0.29) is 11.6 Å². The van der Waals surface area contributed by atoms with E-state index in [1.165, 1.54) is 13.0 Å². The number of hydrogen-bond donors (Lipinski definition) is 3. The number of carboxylic acids is 1. The Kier molecular flexibility index (Phi) is 4.69. The number of carboxylic acid groups (broad SMARTS) is 1. The van der Waals surface area contributed by atoms with Crippen molar-refractivity contribution in [2.24, 2.45) is 0 Å². The van der Waals surface area contributed by atoms with Crippen LogP contribution in [0.15, 0.2) is 23.9 Å². The number of hydrogen-bond acceptors (Lipinski definition) is 3. The van der Waals surface area contributed by atoms with E-state index in [1.807, 2.05) is 19.9 Å². The second-order valence-electron chi connectivity index (χ2n) is 4.59. The summed E-state index contributed by atoms with van der Waals surface area (Å²) in [4.78, 5) is 22.0. The lowest BCUT2D eigenvalue weighted by atomic mass is 9.98. The maximum absolute atomic E-state index is 11.0. The van der Waals surface area contributed by atoms with Crippen molar-refractivity contribution in [1.82, 2.24) is 5.32 Å². The number of nitrogens with two attached hydrogens (primary N) is 1. The van der Waals surface area contributed by atoms with Crippen LogP contribution in [0.1, 0.15) is 37.8 Å². The highest BCUT2D eigenvalue weighted by atomic mass is 16.4. The van der Waals surface area contributed by atoms with Crippen LogP contribution in [-0.4, -0.2) is 17.0 Å². The molecule has 102 valence electrons. The van der Waals surface area contributed by atoms with Crippen LogP contribution in [0.5, 0.6) is 0 Å². The van der Waals surface area contributed by atoms with E-state index in [4.69, 9.17) is 10.8 Å². The number of anilines is 1. The SMILES string of the molecule is CC(=O)NC(=Cc1ccc(N)c(C(C)C)c1)C(=O)O. The maximum Gasteiger partial charge on any atom is 0.352 e. The van der Waals surface area contributed by atoms with Gasteiger partial charge < -0.3 is 16.2 Å². The van der Waals surface area contributed by atoms with Crippen molar-refractivity contribution in [2.45, 2.75) is 26.7 Å². The van der Waals surface area contributed by atoms with Gasteiger partial charge in [-0.1, -0.05) is 19.9 Å². The molecular formula is C14H18N2O3. The summed E-state index contributed by atoms with van der Waals surface area (Å²) < 4.78 is 0. The lowest BCUT2D eigenvalue weighted by Gasteiger charge is -2.10. The summed E-state index contributed by atoms with van der Waals surface area (Å²) in [5, 5.41) is 11.3. The number of nitrogen functional groups attached to an aromatic ring is 1. The fourth-order valence-electron chi connectivity index (χ4n) is 1.69. The Morgan fingerprint density at radius 1 is 1.37 bits per heavy atom. The van der Waals surface area contributed by atoms with E-state index in [9.17, 15) is 9.59 Å². The van der Waals surface area contributed by atoms with Crippen LogP contribution in [-0.2, 0) is 9.59 Å². The molecule has 0 aliphatic heterocycles. The molecule has 4 N–H and O–H groups in total. The summed E-state index contributed by atoms with van der Waals surface area (Å²) in [5.74, 6) is -1.37. The lowest BCUT2D eigenvalue weighted by molar-refractivity contribution is -0.134. The zero-order valence-electron chi connectivity index (χ0n) is 11.2. The van der Waals surface area contributed by atoms with Crippen LogP contribution in [0, 0.1) is 0 Å². The number of amides is 1. The average Bonchev–Trinajstić information content (AvgIpc) is 2.29. The number of nitrogens with one attached hydrogen (secondary N) is 1. The van der Waals surface area contributed by atoms with Crippen LogP contribution >= 0.6 is 0 Å². The van der Waals surface area contributed by atoms with Crippen molar-refractivity contribution < 1.29 is 14.7 Å². The van der Waals surface area contributed by atoms with Crippen molar-refractivity contribution in [3.8, 4) is 0 Å². The predicted molar refractivity (Wildman–Crippen MR) is 74.4 cm³/mol. The smallest absolute Gasteiger partial charge is 0.352 e. The molecule has 1 aromatic carbocycles. The van der Waals surface area contributed by atoms with Gasteiger partial charge in [-0.2, -0.15) is 0 Å². The molecule has 0 aliphatic carbocycles. The highest BCUT2D eigenvalue weighted by Gasteiger charge is 2.10. The highest BCUT2D eigenvalue weighted by Crippen LogP contribution is 2.23. The third-order valence-corrected chi connectivity index (χ3v) is 2.58. The minimum Gasteiger partial charge on any atom is -0.477 e. The standard InChI is InChI=1S/C14H18N2O3/c1-8(2)11-6-10(4-5-12(11)15)7-13(14(18)19)16-9(3)17/h4-8H,15H2,1-3H3,(H,16,17)(H,18,19). The summed E-state index contributed by atoms with van der Waals surface area (Å²) in [7, 11) is 0. The van der Waals surface area contributed by atoms with Crippen molar-refractivity contribution in [3.63, 3.8) is 0 Å². The molecule has 5 heteroatoms. The first-order valence-electron chi connectivity index (χ1n) is 5.93. The molecule has 0 atom stereocenters. The van der Waals surface area contributed by atoms with E-state index in [0.29, 0.717) is 11.3 Å². The molecule has 0 radical (unpaired) electrons. The van der Waals surface area contributed by atoms with Gasteiger partial charge >= 0.3 is 5.97 Å². The monoisotopic (exact) mass is 262 g/mol. The van der Waals surface area contributed by atoms with Gasteiger partial charge in [0.25, 0.3) is 0 Å². The van der Waals surface area contributed by atoms with Gasteiger partial charge in [-0.25, -0.2) is 4.79 Å². The van der Waals surface area contributed by atoms with Crippen molar-refractivity contribution in [3.05, 3.63) is 35.0 Å². The van der Waals surface area contributed by atoms with E-state index < -0.39 is 11.9 Å². The van der Waals surface area contributed by atoms with Crippen LogP contribution in [0.4, 0.5) is 5.69 Å². The normalized spacial score (nSPS) is 11.5. The number of carbonyl (C=O) groups is 2. The molecule has 0 spiro atoms. The Balaban J connectivity index is 3.17.